The molecule has 0 radical (unpaired) electrons. The molecule has 180 valence electrons. The monoisotopic (exact) mass is 475 g/mol. The van der Waals surface area contributed by atoms with Gasteiger partial charge in [0, 0.05) is 38.2 Å². The number of aromatic nitrogens is 2. The maximum absolute atomic E-state index is 13.2. The molecule has 0 aliphatic carbocycles. The highest BCUT2D eigenvalue weighted by Crippen LogP contribution is 2.39. The van der Waals surface area contributed by atoms with Crippen LogP contribution in [0.25, 0.3) is 0 Å². The fourth-order valence-corrected chi connectivity index (χ4v) is 4.54. The summed E-state index contributed by atoms with van der Waals surface area (Å²) in [7, 11) is 0. The van der Waals surface area contributed by atoms with E-state index in [0.29, 0.717) is 31.8 Å². The zero-order valence-corrected chi connectivity index (χ0v) is 18.0. The van der Waals surface area contributed by atoms with Crippen LogP contribution >= 0.6 is 0 Å². The molecule has 0 spiro atoms. The minimum Gasteiger partial charge on any atom is -0.372 e. The average Bonchev–Trinajstić information content (AvgIpc) is 3.14. The van der Waals surface area contributed by atoms with E-state index in [9.17, 15) is 31.1 Å². The van der Waals surface area contributed by atoms with Gasteiger partial charge in [-0.1, -0.05) is 0 Å². The van der Waals surface area contributed by atoms with Crippen molar-refractivity contribution in [3.05, 3.63) is 52.6 Å². The van der Waals surface area contributed by atoms with Crippen molar-refractivity contribution in [1.82, 2.24) is 14.5 Å². The molecule has 2 aliphatic rings. The molecule has 4 rings (SSSR count). The van der Waals surface area contributed by atoms with Gasteiger partial charge < -0.3 is 14.2 Å². The Balaban J connectivity index is 1.59. The molecule has 0 bridgehead atoms. The lowest BCUT2D eigenvalue weighted by Crippen LogP contribution is -2.48. The molecule has 33 heavy (non-hydrogen) atoms. The van der Waals surface area contributed by atoms with E-state index in [2.05, 4.69) is 4.98 Å². The summed E-state index contributed by atoms with van der Waals surface area (Å²) in [6, 6.07) is 1.70. The number of nitrogens with zero attached hydrogens (tertiary/aromatic N) is 3. The van der Waals surface area contributed by atoms with Gasteiger partial charge in [0.1, 0.15) is 11.5 Å². The lowest BCUT2D eigenvalue weighted by molar-refractivity contribution is -0.143. The molecular formula is C22H23F6N3O2. The Morgan fingerprint density at radius 2 is 1.55 bits per heavy atom. The van der Waals surface area contributed by atoms with Crippen LogP contribution in [-0.2, 0) is 30.1 Å². The summed E-state index contributed by atoms with van der Waals surface area (Å²) in [4.78, 5) is 18.9. The summed E-state index contributed by atoms with van der Waals surface area (Å²) in [5.41, 5.74) is -2.46. The lowest BCUT2D eigenvalue weighted by Gasteiger charge is -2.34. The molecular weight excluding hydrogens is 452 g/mol. The lowest BCUT2D eigenvalue weighted by atomic mass is 9.89. The number of amides is 1. The fourth-order valence-electron chi connectivity index (χ4n) is 4.54. The van der Waals surface area contributed by atoms with E-state index in [0.717, 1.165) is 12.1 Å². The van der Waals surface area contributed by atoms with Crippen molar-refractivity contribution < 1.29 is 35.9 Å². The van der Waals surface area contributed by atoms with E-state index in [1.54, 1.807) is 9.47 Å². The number of aryl methyl sites for hydroxylation is 1. The van der Waals surface area contributed by atoms with Crippen LogP contribution in [0.3, 0.4) is 0 Å². The van der Waals surface area contributed by atoms with Gasteiger partial charge in [0.05, 0.1) is 23.3 Å². The van der Waals surface area contributed by atoms with Crippen molar-refractivity contribution in [3.8, 4) is 0 Å². The second kappa shape index (κ2) is 8.34. The Morgan fingerprint density at radius 1 is 0.970 bits per heavy atom. The number of hydrogen-bond acceptors (Lipinski definition) is 3. The van der Waals surface area contributed by atoms with E-state index in [-0.39, 0.29) is 42.0 Å². The number of carbonyl (C=O) groups is 1. The van der Waals surface area contributed by atoms with Crippen LogP contribution in [0, 0.1) is 0 Å². The molecule has 1 aromatic carbocycles. The molecule has 3 atom stereocenters. The van der Waals surface area contributed by atoms with Crippen molar-refractivity contribution in [2.45, 2.75) is 63.7 Å². The van der Waals surface area contributed by atoms with Crippen molar-refractivity contribution in [2.75, 3.05) is 13.1 Å². The van der Waals surface area contributed by atoms with Crippen LogP contribution in [0.15, 0.2) is 24.4 Å². The molecule has 1 fully saturated rings. The van der Waals surface area contributed by atoms with Crippen molar-refractivity contribution >= 4 is 5.91 Å². The van der Waals surface area contributed by atoms with Gasteiger partial charge in [-0.2, -0.15) is 26.3 Å². The summed E-state index contributed by atoms with van der Waals surface area (Å²) >= 11 is 0. The van der Waals surface area contributed by atoms with Gasteiger partial charge in [0.25, 0.3) is 5.91 Å². The Hall–Kier alpha value is -2.56. The maximum atomic E-state index is 13.2. The van der Waals surface area contributed by atoms with Gasteiger partial charge in [-0.25, -0.2) is 4.98 Å². The molecule has 2 aromatic rings. The number of alkyl halides is 6. The van der Waals surface area contributed by atoms with E-state index in [1.807, 2.05) is 13.8 Å². The van der Waals surface area contributed by atoms with Crippen LogP contribution < -0.4 is 0 Å². The fraction of sp³-hybridized carbons (Fsp3) is 0.545. The van der Waals surface area contributed by atoms with Crippen molar-refractivity contribution in [1.29, 1.82) is 0 Å². The Kier molecular flexibility index (Phi) is 5.96. The minimum atomic E-state index is -4.89. The van der Waals surface area contributed by atoms with E-state index < -0.39 is 29.4 Å². The second-order valence-corrected chi connectivity index (χ2v) is 8.74. The number of imidazole rings is 1. The Bertz CT molecular complexity index is 1000. The van der Waals surface area contributed by atoms with Gasteiger partial charge in [0.2, 0.25) is 0 Å². The van der Waals surface area contributed by atoms with E-state index >= 15 is 0 Å². The van der Waals surface area contributed by atoms with Crippen LogP contribution in [0.5, 0.6) is 0 Å². The number of halogens is 6. The Labute approximate surface area is 186 Å². The first-order valence-corrected chi connectivity index (χ1v) is 10.6. The third-order valence-corrected chi connectivity index (χ3v) is 6.00. The topological polar surface area (TPSA) is 47.4 Å². The summed E-state index contributed by atoms with van der Waals surface area (Å²) in [6.45, 7) is 4.70. The number of rotatable bonds is 2. The molecule has 5 nitrogen and oxygen atoms in total. The van der Waals surface area contributed by atoms with Gasteiger partial charge in [-0.3, -0.25) is 4.79 Å². The highest BCUT2D eigenvalue weighted by atomic mass is 19.4. The first-order chi connectivity index (χ1) is 15.3. The molecule has 1 saturated heterocycles. The predicted octanol–water partition coefficient (Wildman–Crippen LogP) is 4.90. The Morgan fingerprint density at radius 3 is 2.09 bits per heavy atom. The van der Waals surface area contributed by atoms with Crippen LogP contribution in [0.4, 0.5) is 26.3 Å². The smallest absolute Gasteiger partial charge is 0.372 e. The standard InChI is InChI=1S/C22H23F6N3O2/c1-12-8-31(9-13(2)33-12)20(32)18-11-30-10-14(3-4-19(30)29-18)15-5-16(21(23,24)25)7-17(6-15)22(26,27)28/h5-7,11-14H,3-4,8-10H2,1-2H3/t12-,13+,14-/m0/s1. The second-order valence-electron chi connectivity index (χ2n) is 8.74. The summed E-state index contributed by atoms with van der Waals surface area (Å²) < 4.78 is 86.7. The summed E-state index contributed by atoms with van der Waals surface area (Å²) in [5.74, 6) is -0.248. The summed E-state index contributed by atoms with van der Waals surface area (Å²) in [6.07, 6.45) is -7.83. The predicted molar refractivity (Wildman–Crippen MR) is 106 cm³/mol. The molecule has 3 heterocycles. The van der Waals surface area contributed by atoms with Crippen molar-refractivity contribution in [2.24, 2.45) is 0 Å². The minimum absolute atomic E-state index is 0.0276. The highest BCUT2D eigenvalue weighted by Gasteiger charge is 2.38. The van der Waals surface area contributed by atoms with Crippen LogP contribution in [0.1, 0.15) is 59.2 Å². The van der Waals surface area contributed by atoms with Crippen LogP contribution in [-0.4, -0.2) is 45.7 Å². The highest BCUT2D eigenvalue weighted by molar-refractivity contribution is 5.92. The first kappa shape index (κ1) is 23.6. The summed E-state index contributed by atoms with van der Waals surface area (Å²) in [5, 5.41) is 0. The zero-order chi connectivity index (χ0) is 24.1. The molecule has 0 N–H and O–H groups in total. The molecule has 0 saturated carbocycles. The van der Waals surface area contributed by atoms with Gasteiger partial charge in [0.15, 0.2) is 0 Å². The quantitative estimate of drug-likeness (QED) is 0.581. The van der Waals surface area contributed by atoms with Crippen molar-refractivity contribution in [3.63, 3.8) is 0 Å². The molecule has 1 aromatic heterocycles. The molecule has 1 amide bonds. The number of benzene rings is 1. The zero-order valence-electron chi connectivity index (χ0n) is 18.0. The third-order valence-electron chi connectivity index (χ3n) is 6.00. The van der Waals surface area contributed by atoms with Gasteiger partial charge >= 0.3 is 12.4 Å². The number of morpholine rings is 1. The first-order valence-electron chi connectivity index (χ1n) is 10.6. The average molecular weight is 475 g/mol. The van der Waals surface area contributed by atoms with E-state index in [1.165, 1.54) is 6.20 Å². The van der Waals surface area contributed by atoms with Gasteiger partial charge in [-0.15, -0.1) is 0 Å². The largest absolute Gasteiger partial charge is 0.416 e. The maximum Gasteiger partial charge on any atom is 0.416 e. The van der Waals surface area contributed by atoms with Crippen LogP contribution in [0.2, 0.25) is 0 Å². The van der Waals surface area contributed by atoms with Gasteiger partial charge in [-0.05, 0) is 44.0 Å². The van der Waals surface area contributed by atoms with E-state index in [4.69, 9.17) is 4.74 Å². The molecule has 2 aliphatic heterocycles. The molecule has 0 unspecified atom stereocenters. The number of fused-ring (bicyclic) bond motifs is 1. The SMILES string of the molecule is C[C@@H]1CN(C(=O)c2cn3c(n2)CC[C@H](c2cc(C(F)(F)F)cc(C(F)(F)F)c2)C3)C[C@H](C)O1. The normalized spacial score (nSPS) is 24.0. The number of carbonyl (C=O) groups excluding carboxylic acids is 1. The third kappa shape index (κ3) is 5.02. The number of hydrogen-bond donors (Lipinski definition) is 0. The number of ether oxygens (including phenoxy) is 1. The molecule has 11 heteroatoms.